The fourth-order valence-corrected chi connectivity index (χ4v) is 2.33. The number of carbonyl (C=O) groups is 1. The molecule has 0 saturated carbocycles. The Hall–Kier alpha value is -3.62. The highest BCUT2D eigenvalue weighted by Gasteiger charge is 2.14. The summed E-state index contributed by atoms with van der Waals surface area (Å²) in [6.45, 7) is 1.61. The molecule has 1 aromatic heterocycles. The smallest absolute Gasteiger partial charge is 0.269 e. The van der Waals surface area contributed by atoms with Crippen LogP contribution in [0.1, 0.15) is 5.56 Å². The number of nitro groups is 1. The zero-order valence-electron chi connectivity index (χ0n) is 13.3. The SMILES string of the molecule is Cc1cc([N+](=O)[O-])ccc1NC(=O)Cn1nnnc1-c1ccccc1. The van der Waals surface area contributed by atoms with Crippen LogP contribution in [0, 0.1) is 17.0 Å². The number of aromatic nitrogens is 4. The van der Waals surface area contributed by atoms with E-state index < -0.39 is 4.92 Å². The van der Waals surface area contributed by atoms with Crippen molar-refractivity contribution in [2.75, 3.05) is 5.32 Å². The van der Waals surface area contributed by atoms with Crippen LogP contribution in [0.2, 0.25) is 0 Å². The largest absolute Gasteiger partial charge is 0.324 e. The van der Waals surface area contributed by atoms with Crippen molar-refractivity contribution in [2.45, 2.75) is 13.5 Å². The van der Waals surface area contributed by atoms with Crippen molar-refractivity contribution in [1.82, 2.24) is 20.2 Å². The van der Waals surface area contributed by atoms with Crippen molar-refractivity contribution in [3.05, 3.63) is 64.2 Å². The number of nitrogens with zero attached hydrogens (tertiary/aromatic N) is 5. The molecule has 0 aliphatic rings. The first-order valence-electron chi connectivity index (χ1n) is 7.41. The fraction of sp³-hybridized carbons (Fsp3) is 0.125. The van der Waals surface area contributed by atoms with Gasteiger partial charge in [-0.3, -0.25) is 14.9 Å². The third-order valence-electron chi connectivity index (χ3n) is 3.55. The van der Waals surface area contributed by atoms with Crippen LogP contribution in [0.5, 0.6) is 0 Å². The Morgan fingerprint density at radius 3 is 2.68 bits per heavy atom. The van der Waals surface area contributed by atoms with Gasteiger partial charge in [-0.05, 0) is 29.0 Å². The summed E-state index contributed by atoms with van der Waals surface area (Å²) in [5.74, 6) is 0.151. The molecule has 25 heavy (non-hydrogen) atoms. The Morgan fingerprint density at radius 2 is 2.00 bits per heavy atom. The van der Waals surface area contributed by atoms with E-state index in [0.29, 0.717) is 17.1 Å². The van der Waals surface area contributed by atoms with E-state index in [2.05, 4.69) is 20.8 Å². The number of rotatable bonds is 5. The molecule has 1 heterocycles. The average Bonchev–Trinajstić information content (AvgIpc) is 3.05. The summed E-state index contributed by atoms with van der Waals surface area (Å²) in [7, 11) is 0. The van der Waals surface area contributed by atoms with Gasteiger partial charge in [-0.1, -0.05) is 30.3 Å². The number of hydrogen-bond acceptors (Lipinski definition) is 6. The van der Waals surface area contributed by atoms with Crippen molar-refractivity contribution in [3.63, 3.8) is 0 Å². The summed E-state index contributed by atoms with van der Waals surface area (Å²) in [4.78, 5) is 22.6. The third kappa shape index (κ3) is 3.66. The zero-order valence-corrected chi connectivity index (χ0v) is 13.3. The van der Waals surface area contributed by atoms with Crippen LogP contribution in [0.15, 0.2) is 48.5 Å². The Morgan fingerprint density at radius 1 is 1.24 bits per heavy atom. The number of nitro benzene ring substituents is 1. The van der Waals surface area contributed by atoms with Crippen LogP contribution in [0.4, 0.5) is 11.4 Å². The van der Waals surface area contributed by atoms with Gasteiger partial charge >= 0.3 is 0 Å². The quantitative estimate of drug-likeness (QED) is 0.563. The normalized spacial score (nSPS) is 10.4. The molecule has 0 saturated heterocycles. The number of carbonyl (C=O) groups excluding carboxylic acids is 1. The molecule has 3 rings (SSSR count). The summed E-state index contributed by atoms with van der Waals surface area (Å²) in [6, 6.07) is 13.5. The van der Waals surface area contributed by atoms with Gasteiger partial charge in [-0.2, -0.15) is 0 Å². The van der Waals surface area contributed by atoms with Gasteiger partial charge in [-0.25, -0.2) is 4.68 Å². The minimum atomic E-state index is -0.480. The fourth-order valence-electron chi connectivity index (χ4n) is 2.33. The monoisotopic (exact) mass is 338 g/mol. The third-order valence-corrected chi connectivity index (χ3v) is 3.55. The van der Waals surface area contributed by atoms with Crippen molar-refractivity contribution in [2.24, 2.45) is 0 Å². The van der Waals surface area contributed by atoms with Crippen LogP contribution < -0.4 is 5.32 Å². The van der Waals surface area contributed by atoms with E-state index in [1.165, 1.54) is 22.9 Å². The lowest BCUT2D eigenvalue weighted by molar-refractivity contribution is -0.384. The first-order valence-corrected chi connectivity index (χ1v) is 7.41. The van der Waals surface area contributed by atoms with Crippen LogP contribution in [-0.2, 0) is 11.3 Å². The summed E-state index contributed by atoms with van der Waals surface area (Å²) < 4.78 is 1.39. The predicted octanol–water partition coefficient (Wildman–Crippen LogP) is 2.20. The first kappa shape index (κ1) is 16.2. The van der Waals surface area contributed by atoms with Crippen LogP contribution in [0.3, 0.4) is 0 Å². The summed E-state index contributed by atoms with van der Waals surface area (Å²) in [6.07, 6.45) is 0. The molecule has 0 bridgehead atoms. The lowest BCUT2D eigenvalue weighted by Gasteiger charge is -2.09. The summed E-state index contributed by atoms with van der Waals surface area (Å²) >= 11 is 0. The first-order chi connectivity index (χ1) is 12.0. The highest BCUT2D eigenvalue weighted by molar-refractivity contribution is 5.91. The molecule has 3 aromatic rings. The molecular weight excluding hydrogens is 324 g/mol. The maximum atomic E-state index is 12.3. The highest BCUT2D eigenvalue weighted by Crippen LogP contribution is 2.21. The molecule has 0 fully saturated rings. The van der Waals surface area contributed by atoms with Crippen LogP contribution in [-0.4, -0.2) is 31.0 Å². The van der Waals surface area contributed by atoms with Gasteiger partial charge in [0.2, 0.25) is 5.91 Å². The number of tetrazole rings is 1. The average molecular weight is 338 g/mol. The van der Waals surface area contributed by atoms with Gasteiger partial charge in [0.05, 0.1) is 4.92 Å². The second-order valence-corrected chi connectivity index (χ2v) is 5.33. The van der Waals surface area contributed by atoms with E-state index in [4.69, 9.17) is 0 Å². The lowest BCUT2D eigenvalue weighted by atomic mass is 10.2. The van der Waals surface area contributed by atoms with Gasteiger partial charge in [0.15, 0.2) is 5.82 Å². The Labute approximate surface area is 142 Å². The van der Waals surface area contributed by atoms with Gasteiger partial charge < -0.3 is 5.32 Å². The number of anilines is 1. The maximum Gasteiger partial charge on any atom is 0.269 e. The number of benzene rings is 2. The van der Waals surface area contributed by atoms with Crippen LogP contribution >= 0.6 is 0 Å². The number of hydrogen-bond donors (Lipinski definition) is 1. The van der Waals surface area contributed by atoms with Crippen molar-refractivity contribution < 1.29 is 9.72 Å². The molecule has 9 heteroatoms. The Bertz CT molecular complexity index is 923. The molecule has 1 amide bonds. The predicted molar refractivity (Wildman–Crippen MR) is 89.7 cm³/mol. The Balaban J connectivity index is 1.74. The van der Waals surface area contributed by atoms with Gasteiger partial charge in [-0.15, -0.1) is 5.10 Å². The molecule has 0 spiro atoms. The minimum absolute atomic E-state index is 0.0256. The molecule has 126 valence electrons. The van der Waals surface area contributed by atoms with E-state index in [0.717, 1.165) is 5.56 Å². The van der Waals surface area contributed by atoms with Gasteiger partial charge in [0.1, 0.15) is 6.54 Å². The summed E-state index contributed by atoms with van der Waals surface area (Å²) in [5, 5.41) is 24.9. The molecule has 0 aliphatic carbocycles. The molecule has 0 radical (unpaired) electrons. The molecule has 0 unspecified atom stereocenters. The molecule has 0 aliphatic heterocycles. The van der Waals surface area contributed by atoms with E-state index in [1.807, 2.05) is 30.3 Å². The van der Waals surface area contributed by atoms with E-state index in [-0.39, 0.29) is 18.1 Å². The molecular formula is C16H14N6O3. The van der Waals surface area contributed by atoms with Crippen molar-refractivity contribution >= 4 is 17.3 Å². The number of amides is 1. The number of aryl methyl sites for hydroxylation is 1. The minimum Gasteiger partial charge on any atom is -0.324 e. The lowest BCUT2D eigenvalue weighted by Crippen LogP contribution is -2.20. The number of non-ortho nitro benzene ring substituents is 1. The molecule has 2 aromatic carbocycles. The van der Waals surface area contributed by atoms with Crippen molar-refractivity contribution in [1.29, 1.82) is 0 Å². The zero-order chi connectivity index (χ0) is 17.8. The van der Waals surface area contributed by atoms with E-state index in [1.54, 1.807) is 6.92 Å². The highest BCUT2D eigenvalue weighted by atomic mass is 16.6. The second-order valence-electron chi connectivity index (χ2n) is 5.33. The topological polar surface area (TPSA) is 116 Å². The van der Waals surface area contributed by atoms with Gasteiger partial charge in [0.25, 0.3) is 5.69 Å². The maximum absolute atomic E-state index is 12.3. The molecule has 0 atom stereocenters. The van der Waals surface area contributed by atoms with Crippen molar-refractivity contribution in [3.8, 4) is 11.4 Å². The molecule has 1 N–H and O–H groups in total. The second kappa shape index (κ2) is 6.87. The standard InChI is InChI=1S/C16H14N6O3/c1-11-9-13(22(24)25)7-8-14(11)17-15(23)10-21-16(18-19-20-21)12-5-3-2-4-6-12/h2-9H,10H2,1H3,(H,17,23). The van der Waals surface area contributed by atoms with Crippen LogP contribution in [0.25, 0.3) is 11.4 Å². The number of nitrogens with one attached hydrogen (secondary N) is 1. The van der Waals surface area contributed by atoms with E-state index in [9.17, 15) is 14.9 Å². The summed E-state index contributed by atoms with van der Waals surface area (Å²) in [5.41, 5.74) is 1.88. The Kier molecular flexibility index (Phi) is 4.46. The van der Waals surface area contributed by atoms with E-state index >= 15 is 0 Å². The molecule has 9 nitrogen and oxygen atoms in total. The van der Waals surface area contributed by atoms with Gasteiger partial charge in [0, 0.05) is 23.4 Å².